The fourth-order valence-corrected chi connectivity index (χ4v) is 4.39. The van der Waals surface area contributed by atoms with Gasteiger partial charge in [-0.05, 0) is 17.8 Å². The van der Waals surface area contributed by atoms with E-state index in [0.29, 0.717) is 0 Å². The predicted molar refractivity (Wildman–Crippen MR) is 161 cm³/mol. The molecule has 0 atom stereocenters. The summed E-state index contributed by atoms with van der Waals surface area (Å²) < 4.78 is 12.6. The summed E-state index contributed by atoms with van der Waals surface area (Å²) in [5.41, 5.74) is 5.39. The summed E-state index contributed by atoms with van der Waals surface area (Å²) in [5, 5.41) is 4.79. The van der Waals surface area contributed by atoms with Crippen molar-refractivity contribution in [2.45, 2.75) is 0 Å². The SMILES string of the molecule is Fc1c[c-]c(-c2ccccn2)cc1.[B].[Ir].[Y].[c-]1ccc(-c2[c-]c3c(cc2)ccc2ccccc23)[c-]c1-c1ccccn1. The number of halogens is 1. The first-order chi connectivity index (χ1) is 19.2. The van der Waals surface area contributed by atoms with E-state index in [1.807, 2.05) is 48.5 Å². The molecule has 0 saturated heterocycles. The summed E-state index contributed by atoms with van der Waals surface area (Å²) in [6.45, 7) is 0. The fourth-order valence-electron chi connectivity index (χ4n) is 4.39. The second-order valence-electron chi connectivity index (χ2n) is 8.86. The maximum atomic E-state index is 12.6. The van der Waals surface area contributed by atoms with Crippen LogP contribution in [-0.2, 0) is 52.8 Å². The van der Waals surface area contributed by atoms with Gasteiger partial charge < -0.3 is 16.0 Å². The Hall–Kier alpha value is -3.33. The van der Waals surface area contributed by atoms with Crippen LogP contribution in [0.1, 0.15) is 0 Å². The van der Waals surface area contributed by atoms with Crippen LogP contribution in [0, 0.1) is 30.1 Å². The van der Waals surface area contributed by atoms with Crippen molar-refractivity contribution in [2.24, 2.45) is 0 Å². The Labute approximate surface area is 286 Å². The number of pyridine rings is 2. The zero-order valence-corrected chi connectivity index (χ0v) is 27.6. The van der Waals surface area contributed by atoms with Gasteiger partial charge in [0.25, 0.3) is 0 Å². The molecule has 0 N–H and O–H groups in total. The molecule has 7 rings (SSSR count). The minimum Gasteiger partial charge on any atom is -0.352 e. The van der Waals surface area contributed by atoms with Crippen LogP contribution in [-0.4, -0.2) is 18.4 Å². The molecule has 0 fully saturated rings. The van der Waals surface area contributed by atoms with Crippen molar-refractivity contribution in [3.05, 3.63) is 158 Å². The maximum absolute atomic E-state index is 12.6. The normalized spacial score (nSPS) is 9.93. The number of hydrogen-bond donors (Lipinski definition) is 0. The molecule has 0 aliphatic heterocycles. The van der Waals surface area contributed by atoms with Crippen LogP contribution >= 0.6 is 0 Å². The third kappa shape index (κ3) is 7.73. The van der Waals surface area contributed by atoms with Gasteiger partial charge in [0.2, 0.25) is 0 Å². The summed E-state index contributed by atoms with van der Waals surface area (Å²) >= 11 is 0. The van der Waals surface area contributed by atoms with Crippen LogP contribution in [0.5, 0.6) is 0 Å². The molecule has 0 aliphatic rings. The molecule has 0 saturated carbocycles. The molecule has 5 aromatic carbocycles. The van der Waals surface area contributed by atoms with Crippen molar-refractivity contribution in [2.75, 3.05) is 0 Å². The molecule has 2 aromatic heterocycles. The third-order valence-corrected chi connectivity index (χ3v) is 6.31. The number of hydrogen-bond acceptors (Lipinski definition) is 2. The Morgan fingerprint density at radius 2 is 1.21 bits per heavy atom. The molecule has 6 heteroatoms. The van der Waals surface area contributed by atoms with E-state index in [1.165, 1.54) is 28.3 Å². The smallest absolute Gasteiger partial charge is 0.0379 e. The van der Waals surface area contributed by atoms with E-state index in [9.17, 15) is 4.39 Å². The monoisotopic (exact) mass is 793 g/mol. The van der Waals surface area contributed by atoms with Crippen molar-refractivity contribution in [3.8, 4) is 33.6 Å². The van der Waals surface area contributed by atoms with Crippen molar-refractivity contribution >= 4 is 30.0 Å². The van der Waals surface area contributed by atoms with E-state index in [4.69, 9.17) is 0 Å². The average molecular weight is 793 g/mol. The Morgan fingerprint density at radius 3 is 1.93 bits per heavy atom. The zero-order chi connectivity index (χ0) is 26.4. The second-order valence-corrected chi connectivity index (χ2v) is 8.86. The zero-order valence-electron chi connectivity index (χ0n) is 22.4. The average Bonchev–Trinajstić information content (AvgIpc) is 3.02. The van der Waals surface area contributed by atoms with Crippen LogP contribution in [0.3, 0.4) is 0 Å². The molecule has 0 bridgehead atoms. The summed E-state index contributed by atoms with van der Waals surface area (Å²) in [6, 6.07) is 49.9. The quantitative estimate of drug-likeness (QED) is 0.102. The molecule has 201 valence electrons. The summed E-state index contributed by atoms with van der Waals surface area (Å²) in [5.74, 6) is -0.278. The topological polar surface area (TPSA) is 25.8 Å². The molecular weight excluding hydrogens is 771 g/mol. The minimum atomic E-state index is -0.278. The van der Waals surface area contributed by atoms with Crippen molar-refractivity contribution in [1.29, 1.82) is 0 Å². The Bertz CT molecular complexity index is 1870. The van der Waals surface area contributed by atoms with Gasteiger partial charge in [-0.25, -0.2) is 6.07 Å². The molecule has 5 radical (unpaired) electrons. The van der Waals surface area contributed by atoms with Crippen LogP contribution in [0.15, 0.2) is 128 Å². The van der Waals surface area contributed by atoms with Gasteiger partial charge in [-0.15, -0.1) is 59.5 Å². The Kier molecular flexibility index (Phi) is 12.5. The number of nitrogens with zero attached hydrogens (tertiary/aromatic N) is 2. The molecule has 2 nitrogen and oxygen atoms in total. The maximum Gasteiger partial charge on any atom is 0.0379 e. The van der Waals surface area contributed by atoms with Gasteiger partial charge >= 0.3 is 0 Å². The number of benzene rings is 5. The number of fused-ring (bicyclic) bond motifs is 3. The first-order valence-electron chi connectivity index (χ1n) is 12.5. The fraction of sp³-hybridized carbons (Fsp3) is 0. The first kappa shape index (κ1) is 33.2. The van der Waals surface area contributed by atoms with Crippen LogP contribution in [0.4, 0.5) is 4.39 Å². The van der Waals surface area contributed by atoms with Gasteiger partial charge in [0.15, 0.2) is 0 Å². The van der Waals surface area contributed by atoms with Gasteiger partial charge in [-0.2, -0.15) is 5.56 Å². The van der Waals surface area contributed by atoms with Gasteiger partial charge in [0.05, 0.1) is 0 Å². The summed E-state index contributed by atoms with van der Waals surface area (Å²) in [7, 11) is 0. The van der Waals surface area contributed by atoms with Gasteiger partial charge in [-0.3, -0.25) is 27.7 Å². The number of rotatable bonds is 3. The van der Waals surface area contributed by atoms with Gasteiger partial charge in [-0.1, -0.05) is 76.4 Å². The summed E-state index contributed by atoms with van der Waals surface area (Å²) in [6.07, 6.45) is 3.49. The summed E-state index contributed by atoms with van der Waals surface area (Å²) in [4.78, 5) is 8.53. The number of aromatic nitrogens is 2. The Balaban J connectivity index is 0.000000259. The first-order valence-corrected chi connectivity index (χ1v) is 12.5. The van der Waals surface area contributed by atoms with E-state index in [2.05, 4.69) is 82.8 Å². The predicted octanol–water partition coefficient (Wildman–Crippen LogP) is 8.42. The third-order valence-electron chi connectivity index (χ3n) is 6.31. The molecule has 0 amide bonds. The molecular formula is C36H21BFIrN2Y-4. The minimum absolute atomic E-state index is 0. The molecule has 2 heterocycles. The largest absolute Gasteiger partial charge is 0.352 e. The van der Waals surface area contributed by atoms with Crippen LogP contribution < -0.4 is 0 Å². The molecule has 0 aliphatic carbocycles. The van der Waals surface area contributed by atoms with E-state index in [-0.39, 0.29) is 67.0 Å². The molecule has 42 heavy (non-hydrogen) atoms. The van der Waals surface area contributed by atoms with Crippen LogP contribution in [0.25, 0.3) is 55.2 Å². The van der Waals surface area contributed by atoms with Crippen molar-refractivity contribution < 1.29 is 57.2 Å². The van der Waals surface area contributed by atoms with Crippen LogP contribution in [0.2, 0.25) is 0 Å². The van der Waals surface area contributed by atoms with E-state index in [0.717, 1.165) is 39.0 Å². The van der Waals surface area contributed by atoms with Gasteiger partial charge in [0, 0.05) is 79.4 Å². The molecule has 0 spiro atoms. The molecule has 0 unspecified atom stereocenters. The molecule has 7 aromatic rings. The second kappa shape index (κ2) is 15.8. The van der Waals surface area contributed by atoms with Crippen molar-refractivity contribution in [3.63, 3.8) is 0 Å². The Morgan fingerprint density at radius 1 is 0.571 bits per heavy atom. The van der Waals surface area contributed by atoms with E-state index in [1.54, 1.807) is 18.5 Å². The van der Waals surface area contributed by atoms with Gasteiger partial charge in [0.1, 0.15) is 0 Å². The van der Waals surface area contributed by atoms with Crippen molar-refractivity contribution in [1.82, 2.24) is 9.97 Å². The van der Waals surface area contributed by atoms with E-state index >= 15 is 0 Å². The van der Waals surface area contributed by atoms with E-state index < -0.39 is 0 Å². The standard InChI is InChI=1S/C25H14N.C11H7FN.B.Ir.Y/c1-2-9-23-18(6-1)11-12-19-13-14-21(17-24(19)23)20-7-5-8-22(16-20)25-10-3-4-15-26-25;12-10-6-4-9(5-7-10)11-3-1-2-8-13-11;;;/h1-7,9-15H;1-4,6-8H;;;/q-3;-1;;;.